The minimum absolute atomic E-state index is 0.209. The molecule has 1 aliphatic heterocycles. The fourth-order valence-electron chi connectivity index (χ4n) is 2.24. The van der Waals surface area contributed by atoms with Crippen LogP contribution in [-0.2, 0) is 16.2 Å². The third kappa shape index (κ3) is 3.58. The van der Waals surface area contributed by atoms with Crippen molar-refractivity contribution in [2.24, 2.45) is 0 Å². The van der Waals surface area contributed by atoms with Crippen LogP contribution in [0.4, 0.5) is 5.69 Å². The van der Waals surface area contributed by atoms with Crippen LogP contribution >= 0.6 is 0 Å². The molecule has 2 rings (SSSR count). The smallest absolute Gasteiger partial charge is 0.0342 e. The predicted molar refractivity (Wildman–Crippen MR) is 79.7 cm³/mol. The molecule has 2 nitrogen and oxygen atoms in total. The van der Waals surface area contributed by atoms with Crippen LogP contribution in [0.2, 0.25) is 0 Å². The topological polar surface area (TPSA) is 29.1 Å². The second kappa shape index (κ2) is 5.43. The van der Waals surface area contributed by atoms with Crippen molar-refractivity contribution in [2.75, 3.05) is 16.8 Å². The molecule has 0 amide bonds. The third-order valence-electron chi connectivity index (χ3n) is 3.51. The van der Waals surface area contributed by atoms with E-state index >= 15 is 0 Å². The van der Waals surface area contributed by atoms with Crippen LogP contribution in [0.15, 0.2) is 24.3 Å². The van der Waals surface area contributed by atoms with Crippen molar-refractivity contribution in [2.45, 2.75) is 45.1 Å². The first-order valence-corrected chi connectivity index (χ1v) is 8.16. The lowest BCUT2D eigenvalue weighted by molar-refractivity contribution is 0.590. The van der Waals surface area contributed by atoms with Crippen LogP contribution in [0.25, 0.3) is 0 Å². The average molecular weight is 265 g/mol. The lowest BCUT2D eigenvalue weighted by atomic mass is 9.87. The van der Waals surface area contributed by atoms with Crippen molar-refractivity contribution in [1.82, 2.24) is 0 Å². The Hall–Kier alpha value is -0.830. The summed E-state index contributed by atoms with van der Waals surface area (Å²) >= 11 is 0. The van der Waals surface area contributed by atoms with E-state index in [0.29, 0.717) is 6.04 Å². The summed E-state index contributed by atoms with van der Waals surface area (Å²) in [7, 11) is -0.574. The summed E-state index contributed by atoms with van der Waals surface area (Å²) in [5.41, 5.74) is 2.75. The van der Waals surface area contributed by atoms with Gasteiger partial charge in [-0.3, -0.25) is 4.21 Å². The first kappa shape index (κ1) is 13.6. The van der Waals surface area contributed by atoms with E-state index in [4.69, 9.17) is 0 Å². The Labute approximate surface area is 113 Å². The highest BCUT2D eigenvalue weighted by molar-refractivity contribution is 7.85. The minimum atomic E-state index is -0.574. The Bertz CT molecular complexity index is 409. The molecular formula is C15H23NOS. The van der Waals surface area contributed by atoms with Crippen molar-refractivity contribution in [3.05, 3.63) is 29.8 Å². The van der Waals surface area contributed by atoms with Gasteiger partial charge in [0.15, 0.2) is 0 Å². The number of hydrogen-bond acceptors (Lipinski definition) is 2. The zero-order valence-corrected chi connectivity index (χ0v) is 12.3. The Balaban J connectivity index is 1.96. The number of benzene rings is 1. The first-order valence-electron chi connectivity index (χ1n) is 6.67. The van der Waals surface area contributed by atoms with E-state index in [2.05, 4.69) is 50.4 Å². The molecule has 1 aromatic carbocycles. The molecule has 0 unspecified atom stereocenters. The molecule has 18 heavy (non-hydrogen) atoms. The maximum Gasteiger partial charge on any atom is 0.0342 e. The van der Waals surface area contributed by atoms with Crippen LogP contribution in [0.5, 0.6) is 0 Å². The van der Waals surface area contributed by atoms with Crippen LogP contribution in [-0.4, -0.2) is 21.8 Å². The summed E-state index contributed by atoms with van der Waals surface area (Å²) in [6, 6.07) is 9.20. The van der Waals surface area contributed by atoms with E-state index in [9.17, 15) is 4.21 Å². The highest BCUT2D eigenvalue weighted by atomic mass is 32.2. The van der Waals surface area contributed by atoms with Crippen molar-refractivity contribution in [1.29, 1.82) is 0 Å². The number of anilines is 1. The quantitative estimate of drug-likeness (QED) is 0.889. The second-order valence-corrected chi connectivity index (χ2v) is 7.79. The predicted octanol–water partition coefficient (Wildman–Crippen LogP) is 3.31. The molecule has 0 bridgehead atoms. The van der Waals surface area contributed by atoms with Crippen molar-refractivity contribution in [3.63, 3.8) is 0 Å². The van der Waals surface area contributed by atoms with E-state index < -0.39 is 10.8 Å². The summed E-state index contributed by atoms with van der Waals surface area (Å²) in [5, 5.41) is 3.55. The molecule has 1 fully saturated rings. The lowest BCUT2D eigenvalue weighted by Crippen LogP contribution is -2.29. The van der Waals surface area contributed by atoms with Gasteiger partial charge in [0.2, 0.25) is 0 Å². The summed E-state index contributed by atoms with van der Waals surface area (Å²) in [4.78, 5) is 0. The van der Waals surface area contributed by atoms with Gasteiger partial charge >= 0.3 is 0 Å². The molecule has 0 radical (unpaired) electrons. The van der Waals surface area contributed by atoms with Crippen LogP contribution in [0, 0.1) is 0 Å². The molecule has 1 aromatic rings. The standard InChI is InChI=1S/C15H23NOS/c1-15(2,3)12-4-6-13(7-5-12)16-14-8-10-18(17)11-9-14/h4-7,14,16H,8-11H2,1-3H3. The summed E-state index contributed by atoms with van der Waals surface area (Å²) in [6.07, 6.45) is 2.04. The molecule has 0 spiro atoms. The number of hydrogen-bond donors (Lipinski definition) is 1. The highest BCUT2D eigenvalue weighted by Crippen LogP contribution is 2.24. The molecule has 3 heteroatoms. The SMILES string of the molecule is CC(C)(C)c1ccc(NC2CCS(=O)CC2)cc1. The van der Waals surface area contributed by atoms with E-state index in [1.807, 2.05) is 0 Å². The van der Waals surface area contributed by atoms with Gasteiger partial charge in [-0.2, -0.15) is 0 Å². The first-order chi connectivity index (χ1) is 8.45. The maximum atomic E-state index is 11.3. The Morgan fingerprint density at radius 1 is 1.11 bits per heavy atom. The summed E-state index contributed by atoms with van der Waals surface area (Å²) in [5.74, 6) is 1.69. The summed E-state index contributed by atoms with van der Waals surface area (Å²) in [6.45, 7) is 6.68. The average Bonchev–Trinajstić information content (AvgIpc) is 2.32. The molecular weight excluding hydrogens is 242 g/mol. The zero-order valence-electron chi connectivity index (χ0n) is 11.5. The van der Waals surface area contributed by atoms with Crippen molar-refractivity contribution >= 4 is 16.5 Å². The highest BCUT2D eigenvalue weighted by Gasteiger charge is 2.18. The number of nitrogens with one attached hydrogen (secondary N) is 1. The van der Waals surface area contributed by atoms with Gasteiger partial charge in [0.1, 0.15) is 0 Å². The molecule has 1 N–H and O–H groups in total. The lowest BCUT2D eigenvalue weighted by Gasteiger charge is -2.24. The Morgan fingerprint density at radius 2 is 1.67 bits per heavy atom. The summed E-state index contributed by atoms with van der Waals surface area (Å²) < 4.78 is 11.3. The third-order valence-corrected chi connectivity index (χ3v) is 4.89. The fraction of sp³-hybridized carbons (Fsp3) is 0.600. The van der Waals surface area contributed by atoms with E-state index in [1.54, 1.807) is 0 Å². The van der Waals surface area contributed by atoms with Gasteiger partial charge in [0.05, 0.1) is 0 Å². The molecule has 0 aromatic heterocycles. The molecule has 1 aliphatic rings. The van der Waals surface area contributed by atoms with E-state index in [-0.39, 0.29) is 5.41 Å². The molecule has 0 saturated carbocycles. The Kier molecular flexibility index (Phi) is 4.10. The van der Waals surface area contributed by atoms with E-state index in [0.717, 1.165) is 24.3 Å². The fourth-order valence-corrected chi connectivity index (χ4v) is 3.54. The normalized spacial score (nSPS) is 24.8. The largest absolute Gasteiger partial charge is 0.382 e. The van der Waals surface area contributed by atoms with Gasteiger partial charge in [0.25, 0.3) is 0 Å². The van der Waals surface area contributed by atoms with Gasteiger partial charge in [-0.25, -0.2) is 0 Å². The molecule has 0 aliphatic carbocycles. The monoisotopic (exact) mass is 265 g/mol. The Morgan fingerprint density at radius 3 is 2.17 bits per heavy atom. The molecule has 100 valence electrons. The van der Waals surface area contributed by atoms with Gasteiger partial charge in [-0.15, -0.1) is 0 Å². The molecule has 1 saturated heterocycles. The van der Waals surface area contributed by atoms with E-state index in [1.165, 1.54) is 11.3 Å². The number of rotatable bonds is 2. The van der Waals surface area contributed by atoms with Crippen LogP contribution in [0.3, 0.4) is 0 Å². The minimum Gasteiger partial charge on any atom is -0.382 e. The molecule has 0 atom stereocenters. The van der Waals surface area contributed by atoms with Crippen molar-refractivity contribution < 1.29 is 4.21 Å². The zero-order chi connectivity index (χ0) is 13.2. The van der Waals surface area contributed by atoms with Crippen molar-refractivity contribution in [3.8, 4) is 0 Å². The second-order valence-electron chi connectivity index (χ2n) is 6.09. The maximum absolute atomic E-state index is 11.3. The van der Waals surface area contributed by atoms with Gasteiger partial charge in [-0.1, -0.05) is 32.9 Å². The van der Waals surface area contributed by atoms with Gasteiger partial charge in [-0.05, 0) is 36.0 Å². The molecule has 1 heterocycles. The van der Waals surface area contributed by atoms with Crippen LogP contribution in [0.1, 0.15) is 39.2 Å². The van der Waals surface area contributed by atoms with Gasteiger partial charge in [0, 0.05) is 34.0 Å². The van der Waals surface area contributed by atoms with Crippen LogP contribution < -0.4 is 5.32 Å². The van der Waals surface area contributed by atoms with Gasteiger partial charge < -0.3 is 5.32 Å².